The smallest absolute Gasteiger partial charge is 0.370 e. The second-order valence-corrected chi connectivity index (χ2v) is 7.11. The van der Waals surface area contributed by atoms with Gasteiger partial charge in [0.2, 0.25) is 5.95 Å². The summed E-state index contributed by atoms with van der Waals surface area (Å²) in [6.45, 7) is 3.83. The minimum atomic E-state index is -4.55. The number of rotatable bonds is 6. The SMILES string of the molecule is CCNc1nc(Nc2cnn([C@H]3C[C@H](n4cc(F)cn4)C3)c2C)ncc1C(F)(F)F. The molecule has 3 aromatic heterocycles. The maximum atomic E-state index is 13.1. The molecule has 0 saturated heterocycles. The maximum absolute atomic E-state index is 13.1. The van der Waals surface area contributed by atoms with Gasteiger partial charge < -0.3 is 10.6 Å². The van der Waals surface area contributed by atoms with E-state index in [9.17, 15) is 17.6 Å². The number of alkyl halides is 3. The zero-order chi connectivity index (χ0) is 21.5. The lowest BCUT2D eigenvalue weighted by Crippen LogP contribution is -2.30. The van der Waals surface area contributed by atoms with Crippen molar-refractivity contribution in [2.45, 2.75) is 44.9 Å². The molecule has 0 spiro atoms. The van der Waals surface area contributed by atoms with Crippen molar-refractivity contribution in [1.82, 2.24) is 29.5 Å². The molecule has 30 heavy (non-hydrogen) atoms. The van der Waals surface area contributed by atoms with Crippen molar-refractivity contribution in [2.75, 3.05) is 17.2 Å². The highest BCUT2D eigenvalue weighted by molar-refractivity contribution is 5.58. The van der Waals surface area contributed by atoms with E-state index in [1.165, 1.54) is 12.4 Å². The summed E-state index contributed by atoms with van der Waals surface area (Å²) in [5.74, 6) is -0.602. The Hall–Kier alpha value is -3.18. The van der Waals surface area contributed by atoms with Crippen molar-refractivity contribution < 1.29 is 17.6 Å². The molecule has 0 unspecified atom stereocenters. The van der Waals surface area contributed by atoms with Crippen molar-refractivity contribution in [1.29, 1.82) is 0 Å². The summed E-state index contributed by atoms with van der Waals surface area (Å²) in [5.41, 5.74) is 0.488. The predicted molar refractivity (Wildman–Crippen MR) is 101 cm³/mol. The van der Waals surface area contributed by atoms with E-state index in [0.717, 1.165) is 24.7 Å². The first-order chi connectivity index (χ1) is 14.3. The molecule has 3 heterocycles. The van der Waals surface area contributed by atoms with Crippen LogP contribution in [0.5, 0.6) is 0 Å². The molecule has 4 rings (SSSR count). The highest BCUT2D eigenvalue weighted by Crippen LogP contribution is 2.42. The van der Waals surface area contributed by atoms with Crippen LogP contribution in [-0.4, -0.2) is 36.1 Å². The first-order valence-corrected chi connectivity index (χ1v) is 9.45. The van der Waals surface area contributed by atoms with Gasteiger partial charge in [0.25, 0.3) is 0 Å². The molecule has 160 valence electrons. The number of nitrogens with one attached hydrogen (secondary N) is 2. The molecule has 8 nitrogen and oxygen atoms in total. The molecule has 0 aliphatic heterocycles. The van der Waals surface area contributed by atoms with Gasteiger partial charge in [-0.3, -0.25) is 9.36 Å². The van der Waals surface area contributed by atoms with Crippen molar-refractivity contribution in [3.8, 4) is 0 Å². The van der Waals surface area contributed by atoms with Crippen LogP contribution in [0.15, 0.2) is 24.8 Å². The van der Waals surface area contributed by atoms with E-state index in [-0.39, 0.29) is 29.7 Å². The lowest BCUT2D eigenvalue weighted by molar-refractivity contribution is -0.137. The molecule has 0 atom stereocenters. The van der Waals surface area contributed by atoms with Gasteiger partial charge in [0.1, 0.15) is 11.4 Å². The number of anilines is 3. The third kappa shape index (κ3) is 3.81. The Labute approximate surface area is 169 Å². The Kier molecular flexibility index (Phi) is 5.08. The molecule has 1 saturated carbocycles. The average molecular weight is 424 g/mol. The highest BCUT2D eigenvalue weighted by atomic mass is 19.4. The van der Waals surface area contributed by atoms with Gasteiger partial charge >= 0.3 is 6.18 Å². The molecule has 2 N–H and O–H groups in total. The molecular formula is C18H20F4N8. The Morgan fingerprint density at radius 3 is 2.53 bits per heavy atom. The Morgan fingerprint density at radius 2 is 1.90 bits per heavy atom. The predicted octanol–water partition coefficient (Wildman–Crippen LogP) is 4.09. The van der Waals surface area contributed by atoms with Crippen LogP contribution in [0.2, 0.25) is 0 Å². The molecule has 12 heteroatoms. The first-order valence-electron chi connectivity index (χ1n) is 9.45. The molecule has 3 aromatic rings. The third-order valence-corrected chi connectivity index (χ3v) is 5.11. The van der Waals surface area contributed by atoms with Crippen LogP contribution in [0, 0.1) is 12.7 Å². The molecule has 0 radical (unpaired) electrons. The van der Waals surface area contributed by atoms with E-state index in [1.807, 2.05) is 11.6 Å². The molecular weight excluding hydrogens is 404 g/mol. The summed E-state index contributed by atoms with van der Waals surface area (Å²) < 4.78 is 55.9. The standard InChI is InChI=1S/C18H20F4N8/c1-3-23-16-14(18(20,21)22)7-24-17(28-16)27-15-8-26-30(10(15)2)13-4-12(5-13)29-9-11(19)6-25-29/h6-9,12-13H,3-5H2,1-2H3,(H2,23,24,27,28)/t12-,13-. The normalized spacial score (nSPS) is 18.9. The molecule has 0 aromatic carbocycles. The average Bonchev–Trinajstić information content (AvgIpc) is 3.21. The Balaban J connectivity index is 1.48. The number of halogens is 4. The number of hydrogen-bond acceptors (Lipinski definition) is 6. The Morgan fingerprint density at radius 1 is 1.13 bits per heavy atom. The van der Waals surface area contributed by atoms with Gasteiger partial charge in [-0.25, -0.2) is 9.37 Å². The molecule has 1 aliphatic rings. The summed E-state index contributed by atoms with van der Waals surface area (Å²) in [5, 5.41) is 13.9. The van der Waals surface area contributed by atoms with Gasteiger partial charge in [-0.15, -0.1) is 0 Å². The quantitative estimate of drug-likeness (QED) is 0.580. The van der Waals surface area contributed by atoms with Crippen molar-refractivity contribution >= 4 is 17.5 Å². The van der Waals surface area contributed by atoms with E-state index in [1.54, 1.807) is 17.8 Å². The van der Waals surface area contributed by atoms with Crippen molar-refractivity contribution in [2.24, 2.45) is 0 Å². The topological polar surface area (TPSA) is 85.5 Å². The summed E-state index contributed by atoms with van der Waals surface area (Å²) in [6, 6.07) is 0.240. The second kappa shape index (κ2) is 7.58. The van der Waals surface area contributed by atoms with E-state index in [0.29, 0.717) is 12.2 Å². The van der Waals surface area contributed by atoms with Crippen LogP contribution >= 0.6 is 0 Å². The van der Waals surface area contributed by atoms with Crippen LogP contribution in [-0.2, 0) is 6.18 Å². The van der Waals surface area contributed by atoms with Crippen LogP contribution in [0.4, 0.5) is 35.0 Å². The van der Waals surface area contributed by atoms with Crippen LogP contribution in [0.25, 0.3) is 0 Å². The molecule has 1 aliphatic carbocycles. The van der Waals surface area contributed by atoms with E-state index in [2.05, 4.69) is 30.8 Å². The highest BCUT2D eigenvalue weighted by Gasteiger charge is 2.36. The van der Waals surface area contributed by atoms with Crippen LogP contribution < -0.4 is 10.6 Å². The summed E-state index contributed by atoms with van der Waals surface area (Å²) in [4.78, 5) is 7.77. The zero-order valence-electron chi connectivity index (χ0n) is 16.3. The second-order valence-electron chi connectivity index (χ2n) is 7.11. The fraction of sp³-hybridized carbons (Fsp3) is 0.444. The van der Waals surface area contributed by atoms with E-state index in [4.69, 9.17) is 0 Å². The van der Waals surface area contributed by atoms with Gasteiger partial charge in [-0.05, 0) is 26.7 Å². The summed E-state index contributed by atoms with van der Waals surface area (Å²) in [7, 11) is 0. The van der Waals surface area contributed by atoms with Gasteiger partial charge in [-0.1, -0.05) is 0 Å². The minimum absolute atomic E-state index is 0.0418. The lowest BCUT2D eigenvalue weighted by atomic mass is 9.87. The number of nitrogens with zero attached hydrogens (tertiary/aromatic N) is 6. The maximum Gasteiger partial charge on any atom is 0.421 e. The van der Waals surface area contributed by atoms with Gasteiger partial charge in [-0.2, -0.15) is 28.4 Å². The monoisotopic (exact) mass is 424 g/mol. The van der Waals surface area contributed by atoms with E-state index < -0.39 is 11.7 Å². The van der Waals surface area contributed by atoms with Crippen molar-refractivity contribution in [3.05, 3.63) is 41.9 Å². The minimum Gasteiger partial charge on any atom is -0.370 e. The van der Waals surface area contributed by atoms with E-state index >= 15 is 0 Å². The number of aromatic nitrogens is 6. The van der Waals surface area contributed by atoms with Crippen LogP contribution in [0.1, 0.15) is 43.1 Å². The zero-order valence-corrected chi connectivity index (χ0v) is 16.3. The first kappa shape index (κ1) is 20.1. The fourth-order valence-corrected chi connectivity index (χ4v) is 3.48. The largest absolute Gasteiger partial charge is 0.421 e. The molecule has 1 fully saturated rings. The lowest BCUT2D eigenvalue weighted by Gasteiger charge is -2.36. The fourth-order valence-electron chi connectivity index (χ4n) is 3.48. The summed E-state index contributed by atoms with van der Waals surface area (Å²) in [6.07, 6.45) is 1.86. The third-order valence-electron chi connectivity index (χ3n) is 5.11. The number of hydrogen-bond donors (Lipinski definition) is 2. The molecule has 0 bridgehead atoms. The Bertz CT molecular complexity index is 1040. The van der Waals surface area contributed by atoms with Crippen molar-refractivity contribution in [3.63, 3.8) is 0 Å². The van der Waals surface area contributed by atoms with Crippen LogP contribution in [0.3, 0.4) is 0 Å². The van der Waals surface area contributed by atoms with Gasteiger partial charge in [0, 0.05) is 12.7 Å². The van der Waals surface area contributed by atoms with Gasteiger partial charge in [0.15, 0.2) is 5.82 Å². The summed E-state index contributed by atoms with van der Waals surface area (Å²) >= 11 is 0. The van der Waals surface area contributed by atoms with Gasteiger partial charge in [0.05, 0.1) is 42.1 Å². The molecule has 0 amide bonds.